The molecule has 0 spiro atoms. The summed E-state index contributed by atoms with van der Waals surface area (Å²) in [4.78, 5) is 4.10. The predicted octanol–water partition coefficient (Wildman–Crippen LogP) is 1.95. The van der Waals surface area contributed by atoms with Gasteiger partial charge in [-0.05, 0) is 31.2 Å². The lowest BCUT2D eigenvalue weighted by Crippen LogP contribution is -2.52. The number of likely N-dealkylation sites (N-methyl/N-ethyl adjacent to an activating group) is 1. The first-order valence-electron chi connectivity index (χ1n) is 6.73. The van der Waals surface area contributed by atoms with E-state index in [1.165, 1.54) is 12.1 Å². The molecular formula is C14H21F2N3. The molecule has 0 saturated carbocycles. The molecular weight excluding hydrogens is 248 g/mol. The minimum atomic E-state index is -0.516. The van der Waals surface area contributed by atoms with Gasteiger partial charge < -0.3 is 10.6 Å². The van der Waals surface area contributed by atoms with E-state index >= 15 is 0 Å². The number of hydrogen-bond donors (Lipinski definition) is 1. The van der Waals surface area contributed by atoms with E-state index in [2.05, 4.69) is 18.7 Å². The summed E-state index contributed by atoms with van der Waals surface area (Å²) in [6.45, 7) is 7.41. The molecule has 2 rings (SSSR count). The van der Waals surface area contributed by atoms with Crippen molar-refractivity contribution < 1.29 is 8.78 Å². The van der Waals surface area contributed by atoms with E-state index in [1.54, 1.807) is 4.90 Å². The topological polar surface area (TPSA) is 32.5 Å². The molecule has 5 heteroatoms. The Labute approximate surface area is 113 Å². The minimum Gasteiger partial charge on any atom is -0.364 e. The van der Waals surface area contributed by atoms with Crippen LogP contribution in [0.3, 0.4) is 0 Å². The largest absolute Gasteiger partial charge is 0.364 e. The highest BCUT2D eigenvalue weighted by atomic mass is 19.1. The number of nitrogens with two attached hydrogens (primary N) is 1. The van der Waals surface area contributed by atoms with Crippen LogP contribution in [-0.4, -0.2) is 37.1 Å². The van der Waals surface area contributed by atoms with Crippen molar-refractivity contribution in [1.82, 2.24) is 4.90 Å². The predicted molar refractivity (Wildman–Crippen MR) is 73.2 cm³/mol. The Balaban J connectivity index is 2.23. The van der Waals surface area contributed by atoms with Gasteiger partial charge >= 0.3 is 0 Å². The van der Waals surface area contributed by atoms with Gasteiger partial charge in [0.1, 0.15) is 17.3 Å². The maximum atomic E-state index is 14.0. The van der Waals surface area contributed by atoms with Crippen LogP contribution in [0.5, 0.6) is 0 Å². The summed E-state index contributed by atoms with van der Waals surface area (Å²) >= 11 is 0. The molecule has 1 atom stereocenters. The summed E-state index contributed by atoms with van der Waals surface area (Å²) in [5, 5.41) is 0. The maximum Gasteiger partial charge on any atom is 0.149 e. The molecule has 19 heavy (non-hydrogen) atoms. The molecule has 3 nitrogen and oxygen atoms in total. The third kappa shape index (κ3) is 2.87. The van der Waals surface area contributed by atoms with Gasteiger partial charge in [0.25, 0.3) is 0 Å². The Morgan fingerprint density at radius 1 is 1.26 bits per heavy atom. The molecule has 1 aromatic rings. The van der Waals surface area contributed by atoms with Crippen LogP contribution in [0.1, 0.15) is 19.4 Å². The van der Waals surface area contributed by atoms with Crippen molar-refractivity contribution in [3.8, 4) is 0 Å². The first-order chi connectivity index (χ1) is 9.06. The van der Waals surface area contributed by atoms with Crippen LogP contribution in [0.2, 0.25) is 0 Å². The van der Waals surface area contributed by atoms with Crippen molar-refractivity contribution in [3.63, 3.8) is 0 Å². The maximum absolute atomic E-state index is 14.0. The van der Waals surface area contributed by atoms with E-state index in [0.717, 1.165) is 13.1 Å². The number of nitrogens with zero attached hydrogens (tertiary/aromatic N) is 2. The second-order valence-electron chi connectivity index (χ2n) is 5.04. The molecule has 1 heterocycles. The lowest BCUT2D eigenvalue weighted by Gasteiger charge is -2.40. The van der Waals surface area contributed by atoms with Crippen molar-refractivity contribution in [2.75, 3.05) is 31.1 Å². The average molecular weight is 269 g/mol. The SMILES string of the molecule is CCN1CCN(c2c(F)cc(CN)cc2F)CC1C. The third-order valence-electron chi connectivity index (χ3n) is 3.80. The number of anilines is 1. The number of halogens is 2. The highest BCUT2D eigenvalue weighted by Crippen LogP contribution is 2.27. The van der Waals surface area contributed by atoms with E-state index in [0.29, 0.717) is 24.7 Å². The highest BCUT2D eigenvalue weighted by Gasteiger charge is 2.26. The van der Waals surface area contributed by atoms with E-state index in [1.807, 2.05) is 0 Å². The van der Waals surface area contributed by atoms with Gasteiger partial charge in [-0.25, -0.2) is 8.78 Å². The van der Waals surface area contributed by atoms with Gasteiger partial charge in [0.2, 0.25) is 0 Å². The molecule has 0 bridgehead atoms. The molecule has 1 aliphatic rings. The summed E-state index contributed by atoms with van der Waals surface area (Å²) in [6.07, 6.45) is 0. The first kappa shape index (κ1) is 14.2. The van der Waals surface area contributed by atoms with E-state index in [-0.39, 0.29) is 12.2 Å². The summed E-state index contributed by atoms with van der Waals surface area (Å²) in [5.74, 6) is -1.03. The van der Waals surface area contributed by atoms with Crippen molar-refractivity contribution in [3.05, 3.63) is 29.3 Å². The Morgan fingerprint density at radius 2 is 1.89 bits per heavy atom. The molecule has 0 amide bonds. The Morgan fingerprint density at radius 3 is 2.37 bits per heavy atom. The van der Waals surface area contributed by atoms with Crippen LogP contribution in [0.15, 0.2) is 12.1 Å². The normalized spacial score (nSPS) is 20.9. The van der Waals surface area contributed by atoms with Gasteiger partial charge in [0.15, 0.2) is 0 Å². The number of rotatable bonds is 3. The van der Waals surface area contributed by atoms with Crippen molar-refractivity contribution in [2.24, 2.45) is 5.73 Å². The molecule has 0 radical (unpaired) electrons. The monoisotopic (exact) mass is 269 g/mol. The van der Waals surface area contributed by atoms with Gasteiger partial charge in [0, 0.05) is 32.2 Å². The van der Waals surface area contributed by atoms with E-state index < -0.39 is 11.6 Å². The molecule has 2 N–H and O–H groups in total. The standard InChI is InChI=1S/C14H21F2N3/c1-3-18-4-5-19(9-10(18)2)14-12(15)6-11(8-17)7-13(14)16/h6-7,10H,3-5,8-9,17H2,1-2H3. The molecule has 0 aliphatic carbocycles. The zero-order chi connectivity index (χ0) is 14.0. The van der Waals surface area contributed by atoms with Crippen LogP contribution in [0.25, 0.3) is 0 Å². The fraction of sp³-hybridized carbons (Fsp3) is 0.571. The first-order valence-corrected chi connectivity index (χ1v) is 6.73. The molecule has 1 aromatic carbocycles. The lowest BCUT2D eigenvalue weighted by molar-refractivity contribution is 0.198. The zero-order valence-electron chi connectivity index (χ0n) is 11.5. The van der Waals surface area contributed by atoms with Crippen LogP contribution in [0, 0.1) is 11.6 Å². The fourth-order valence-electron chi connectivity index (χ4n) is 2.71. The Hall–Kier alpha value is -1.20. The number of benzene rings is 1. The van der Waals surface area contributed by atoms with Gasteiger partial charge in [-0.3, -0.25) is 4.90 Å². The van der Waals surface area contributed by atoms with Gasteiger partial charge in [0.05, 0.1) is 0 Å². The summed E-state index contributed by atoms with van der Waals surface area (Å²) in [7, 11) is 0. The summed E-state index contributed by atoms with van der Waals surface area (Å²) < 4.78 is 28.1. The molecule has 1 fully saturated rings. The Kier molecular flexibility index (Phi) is 4.37. The quantitative estimate of drug-likeness (QED) is 0.910. The smallest absolute Gasteiger partial charge is 0.149 e. The molecule has 106 valence electrons. The lowest BCUT2D eigenvalue weighted by atomic mass is 10.1. The molecule has 1 saturated heterocycles. The third-order valence-corrected chi connectivity index (χ3v) is 3.80. The fourth-order valence-corrected chi connectivity index (χ4v) is 2.71. The van der Waals surface area contributed by atoms with E-state index in [4.69, 9.17) is 5.73 Å². The van der Waals surface area contributed by atoms with Crippen LogP contribution >= 0.6 is 0 Å². The highest BCUT2D eigenvalue weighted by molar-refractivity contribution is 5.51. The second kappa shape index (κ2) is 5.84. The van der Waals surface area contributed by atoms with E-state index in [9.17, 15) is 8.78 Å². The second-order valence-corrected chi connectivity index (χ2v) is 5.04. The summed E-state index contributed by atoms with van der Waals surface area (Å²) in [5.41, 5.74) is 5.99. The van der Waals surface area contributed by atoms with Crippen LogP contribution in [0.4, 0.5) is 14.5 Å². The Bertz CT molecular complexity index is 427. The number of hydrogen-bond acceptors (Lipinski definition) is 3. The summed E-state index contributed by atoms with van der Waals surface area (Å²) in [6, 6.07) is 2.96. The van der Waals surface area contributed by atoms with Crippen LogP contribution < -0.4 is 10.6 Å². The van der Waals surface area contributed by atoms with Crippen molar-refractivity contribution >= 4 is 5.69 Å². The van der Waals surface area contributed by atoms with Crippen LogP contribution in [-0.2, 0) is 6.54 Å². The zero-order valence-corrected chi connectivity index (χ0v) is 11.5. The molecule has 1 unspecified atom stereocenters. The van der Waals surface area contributed by atoms with Crippen molar-refractivity contribution in [2.45, 2.75) is 26.4 Å². The minimum absolute atomic E-state index is 0.0832. The molecule has 1 aliphatic heterocycles. The van der Waals surface area contributed by atoms with Crippen molar-refractivity contribution in [1.29, 1.82) is 0 Å². The number of piperazine rings is 1. The molecule has 0 aromatic heterocycles. The van der Waals surface area contributed by atoms with Gasteiger partial charge in [-0.15, -0.1) is 0 Å². The van der Waals surface area contributed by atoms with Gasteiger partial charge in [-0.2, -0.15) is 0 Å². The average Bonchev–Trinajstić information content (AvgIpc) is 2.38. The van der Waals surface area contributed by atoms with Gasteiger partial charge in [-0.1, -0.05) is 6.92 Å².